The number of fused-ring (bicyclic) bond motifs is 1. The van der Waals surface area contributed by atoms with Crippen molar-refractivity contribution in [2.45, 2.75) is 24.2 Å². The van der Waals surface area contributed by atoms with Gasteiger partial charge < -0.3 is 9.47 Å². The lowest BCUT2D eigenvalue weighted by Crippen LogP contribution is -2.21. The molecule has 1 unspecified atom stereocenters. The number of carbonyl (C=O) groups is 1. The van der Waals surface area contributed by atoms with E-state index >= 15 is 0 Å². The van der Waals surface area contributed by atoms with E-state index in [0.29, 0.717) is 12.7 Å². The zero-order chi connectivity index (χ0) is 19.8. The van der Waals surface area contributed by atoms with Crippen molar-refractivity contribution in [3.8, 4) is 5.75 Å². The maximum absolute atomic E-state index is 13.9. The summed E-state index contributed by atoms with van der Waals surface area (Å²) in [7, 11) is -3.26. The maximum Gasteiger partial charge on any atom is 0.343 e. The molecule has 9 heteroatoms. The monoisotopic (exact) mass is 397 g/mol. The Morgan fingerprint density at radius 1 is 1.26 bits per heavy atom. The third-order valence-electron chi connectivity index (χ3n) is 4.33. The van der Waals surface area contributed by atoms with Crippen LogP contribution < -0.4 is 9.46 Å². The summed E-state index contributed by atoms with van der Waals surface area (Å²) < 4.78 is 64.6. The molecule has 1 N–H and O–H groups in total. The molecule has 0 saturated carbocycles. The standard InChI is InChI=1S/C18H17F2NO5S/c1-10-7-8-26-17-12(10)4-5-14(16(17)18(22)25-2)21-27(23,24)15-6-3-11(19)9-13(15)20/h3-6,9-10,21H,7-8H2,1-2H3. The number of sulfonamides is 1. The normalized spacial score (nSPS) is 16.2. The van der Waals surface area contributed by atoms with Crippen molar-refractivity contribution in [2.75, 3.05) is 18.4 Å². The van der Waals surface area contributed by atoms with Gasteiger partial charge in [0, 0.05) is 6.07 Å². The van der Waals surface area contributed by atoms with Crippen LogP contribution in [0.4, 0.5) is 14.5 Å². The molecule has 6 nitrogen and oxygen atoms in total. The van der Waals surface area contributed by atoms with E-state index in [0.717, 1.165) is 31.2 Å². The Labute approximate surface area is 155 Å². The number of ether oxygens (including phenoxy) is 2. The van der Waals surface area contributed by atoms with Gasteiger partial charge in [-0.3, -0.25) is 4.72 Å². The van der Waals surface area contributed by atoms with E-state index in [1.165, 1.54) is 6.07 Å². The number of halogens is 2. The topological polar surface area (TPSA) is 81.7 Å². The van der Waals surface area contributed by atoms with Crippen LogP contribution in [0.2, 0.25) is 0 Å². The lowest BCUT2D eigenvalue weighted by molar-refractivity contribution is 0.0596. The van der Waals surface area contributed by atoms with Crippen LogP contribution in [-0.2, 0) is 14.8 Å². The predicted molar refractivity (Wildman–Crippen MR) is 93.5 cm³/mol. The fraction of sp³-hybridized carbons (Fsp3) is 0.278. The molecule has 0 aliphatic carbocycles. The molecule has 144 valence electrons. The Morgan fingerprint density at radius 2 is 2.00 bits per heavy atom. The van der Waals surface area contributed by atoms with Crippen molar-refractivity contribution in [3.05, 3.63) is 53.1 Å². The molecule has 2 aromatic carbocycles. The second-order valence-electron chi connectivity index (χ2n) is 6.12. The first-order valence-electron chi connectivity index (χ1n) is 8.10. The Hall–Kier alpha value is -2.68. The number of esters is 1. The first-order chi connectivity index (χ1) is 12.7. The molecule has 0 radical (unpaired) electrons. The summed E-state index contributed by atoms with van der Waals surface area (Å²) in [6, 6.07) is 5.14. The highest BCUT2D eigenvalue weighted by Gasteiger charge is 2.29. The van der Waals surface area contributed by atoms with Crippen molar-refractivity contribution >= 4 is 21.7 Å². The van der Waals surface area contributed by atoms with E-state index in [1.807, 2.05) is 6.92 Å². The summed E-state index contributed by atoms with van der Waals surface area (Å²) in [5.74, 6) is -2.60. The van der Waals surface area contributed by atoms with Crippen molar-refractivity contribution < 1.29 is 31.5 Å². The van der Waals surface area contributed by atoms with Crippen LogP contribution in [-0.4, -0.2) is 28.1 Å². The van der Waals surface area contributed by atoms with Gasteiger partial charge in [-0.25, -0.2) is 22.0 Å². The molecule has 0 fully saturated rings. The lowest BCUT2D eigenvalue weighted by Gasteiger charge is -2.26. The quantitative estimate of drug-likeness (QED) is 0.800. The number of hydrogen-bond donors (Lipinski definition) is 1. The maximum atomic E-state index is 13.9. The second kappa shape index (κ2) is 7.15. The Kier molecular flexibility index (Phi) is 5.05. The molecular weight excluding hydrogens is 380 g/mol. The minimum Gasteiger partial charge on any atom is -0.492 e. The van der Waals surface area contributed by atoms with Gasteiger partial charge in [-0.15, -0.1) is 0 Å². The fourth-order valence-corrected chi connectivity index (χ4v) is 4.05. The van der Waals surface area contributed by atoms with E-state index in [2.05, 4.69) is 4.72 Å². The number of carbonyl (C=O) groups excluding carboxylic acids is 1. The first-order valence-corrected chi connectivity index (χ1v) is 9.58. The fourth-order valence-electron chi connectivity index (χ4n) is 2.92. The van der Waals surface area contributed by atoms with Crippen molar-refractivity contribution in [2.24, 2.45) is 0 Å². The van der Waals surface area contributed by atoms with Gasteiger partial charge in [0.25, 0.3) is 10.0 Å². The van der Waals surface area contributed by atoms with Gasteiger partial charge in [-0.2, -0.15) is 0 Å². The minimum atomic E-state index is -4.42. The van der Waals surface area contributed by atoms with Gasteiger partial charge in [0.2, 0.25) is 0 Å². The smallest absolute Gasteiger partial charge is 0.343 e. The van der Waals surface area contributed by atoms with Crippen LogP contribution in [0.15, 0.2) is 35.2 Å². The molecule has 2 aromatic rings. The molecule has 0 aromatic heterocycles. The predicted octanol–water partition coefficient (Wildman–Crippen LogP) is 3.44. The molecule has 0 bridgehead atoms. The average Bonchev–Trinajstić information content (AvgIpc) is 2.60. The zero-order valence-electron chi connectivity index (χ0n) is 14.6. The largest absolute Gasteiger partial charge is 0.492 e. The van der Waals surface area contributed by atoms with Gasteiger partial charge in [-0.1, -0.05) is 13.0 Å². The summed E-state index contributed by atoms with van der Waals surface area (Å²) in [5, 5.41) is 0. The van der Waals surface area contributed by atoms with Gasteiger partial charge >= 0.3 is 5.97 Å². The molecule has 1 heterocycles. The van der Waals surface area contributed by atoms with E-state index in [9.17, 15) is 22.0 Å². The number of anilines is 1. The second-order valence-corrected chi connectivity index (χ2v) is 7.77. The van der Waals surface area contributed by atoms with Gasteiger partial charge in [0.1, 0.15) is 27.8 Å². The van der Waals surface area contributed by atoms with E-state index < -0.39 is 32.5 Å². The molecule has 1 aliphatic rings. The number of hydrogen-bond acceptors (Lipinski definition) is 5. The molecule has 27 heavy (non-hydrogen) atoms. The number of nitrogens with one attached hydrogen (secondary N) is 1. The Bertz CT molecular complexity index is 1010. The number of methoxy groups -OCH3 is 1. The molecule has 0 amide bonds. The summed E-state index contributed by atoms with van der Waals surface area (Å²) in [4.78, 5) is 11.5. The van der Waals surface area contributed by atoms with Gasteiger partial charge in [-0.05, 0) is 36.1 Å². The van der Waals surface area contributed by atoms with E-state index in [4.69, 9.17) is 9.47 Å². The van der Waals surface area contributed by atoms with Crippen LogP contribution >= 0.6 is 0 Å². The van der Waals surface area contributed by atoms with Crippen LogP contribution in [0.5, 0.6) is 5.75 Å². The summed E-state index contributed by atoms with van der Waals surface area (Å²) in [6.45, 7) is 2.32. The minimum absolute atomic E-state index is 0.0901. The van der Waals surface area contributed by atoms with Crippen LogP contribution in [0, 0.1) is 11.6 Å². The zero-order valence-corrected chi connectivity index (χ0v) is 15.4. The van der Waals surface area contributed by atoms with Crippen molar-refractivity contribution in [1.82, 2.24) is 0 Å². The molecule has 0 saturated heterocycles. The highest BCUT2D eigenvalue weighted by atomic mass is 32.2. The number of rotatable bonds is 4. The first kappa shape index (κ1) is 19.1. The van der Waals surface area contributed by atoms with E-state index in [1.54, 1.807) is 6.07 Å². The van der Waals surface area contributed by atoms with Gasteiger partial charge in [0.05, 0.1) is 19.4 Å². The number of benzene rings is 2. The molecule has 1 atom stereocenters. The SMILES string of the molecule is COC(=O)c1c(NS(=O)(=O)c2ccc(F)cc2F)ccc2c1OCCC2C. The summed E-state index contributed by atoms with van der Waals surface area (Å²) >= 11 is 0. The molecular formula is C18H17F2NO5S. The molecule has 3 rings (SSSR count). The molecule has 1 aliphatic heterocycles. The van der Waals surface area contributed by atoms with Crippen LogP contribution in [0.3, 0.4) is 0 Å². The van der Waals surface area contributed by atoms with Crippen molar-refractivity contribution in [3.63, 3.8) is 0 Å². The third kappa shape index (κ3) is 3.59. The highest BCUT2D eigenvalue weighted by Crippen LogP contribution is 2.40. The van der Waals surface area contributed by atoms with Gasteiger partial charge in [0.15, 0.2) is 0 Å². The Morgan fingerprint density at radius 3 is 2.67 bits per heavy atom. The van der Waals surface area contributed by atoms with Crippen molar-refractivity contribution in [1.29, 1.82) is 0 Å². The summed E-state index contributed by atoms with van der Waals surface area (Å²) in [6.07, 6.45) is 0.749. The lowest BCUT2D eigenvalue weighted by atomic mass is 9.92. The van der Waals surface area contributed by atoms with Crippen LogP contribution in [0.1, 0.15) is 35.2 Å². The Balaban J connectivity index is 2.10. The summed E-state index contributed by atoms with van der Waals surface area (Å²) in [5.41, 5.74) is 0.545. The molecule has 0 spiro atoms. The van der Waals surface area contributed by atoms with E-state index in [-0.39, 0.29) is 22.9 Å². The highest BCUT2D eigenvalue weighted by molar-refractivity contribution is 7.92. The average molecular weight is 397 g/mol. The van der Waals surface area contributed by atoms with Crippen LogP contribution in [0.25, 0.3) is 0 Å². The third-order valence-corrected chi connectivity index (χ3v) is 5.73.